The molecule has 0 aromatic heterocycles. The number of hydrogen-bond acceptors (Lipinski definition) is 1. The van der Waals surface area contributed by atoms with E-state index in [-0.39, 0.29) is 5.75 Å². The van der Waals surface area contributed by atoms with Crippen molar-refractivity contribution in [3.8, 4) is 5.75 Å². The predicted octanol–water partition coefficient (Wildman–Crippen LogP) is 4.33. The SMILES string of the molecule is Oc1ccc(Br)cc1C=Cc1ccccc1. The van der Waals surface area contributed by atoms with Crippen LogP contribution in [0.4, 0.5) is 0 Å². The maximum atomic E-state index is 9.64. The third kappa shape index (κ3) is 2.74. The second-order valence-corrected chi connectivity index (χ2v) is 4.36. The van der Waals surface area contributed by atoms with Crippen molar-refractivity contribution in [1.82, 2.24) is 0 Å². The van der Waals surface area contributed by atoms with E-state index in [0.29, 0.717) is 0 Å². The summed E-state index contributed by atoms with van der Waals surface area (Å²) in [5.74, 6) is 0.287. The Morgan fingerprint density at radius 2 is 1.69 bits per heavy atom. The fourth-order valence-corrected chi connectivity index (χ4v) is 1.79. The van der Waals surface area contributed by atoms with E-state index >= 15 is 0 Å². The summed E-state index contributed by atoms with van der Waals surface area (Å²) in [4.78, 5) is 0. The molecule has 0 heterocycles. The van der Waals surface area contributed by atoms with E-state index in [1.54, 1.807) is 6.07 Å². The molecule has 0 fully saturated rings. The predicted molar refractivity (Wildman–Crippen MR) is 71.2 cm³/mol. The van der Waals surface area contributed by atoms with E-state index in [4.69, 9.17) is 0 Å². The van der Waals surface area contributed by atoms with Crippen molar-refractivity contribution in [2.24, 2.45) is 0 Å². The van der Waals surface area contributed by atoms with E-state index in [1.165, 1.54) is 0 Å². The van der Waals surface area contributed by atoms with Gasteiger partial charge in [0.05, 0.1) is 0 Å². The summed E-state index contributed by atoms with van der Waals surface area (Å²) >= 11 is 3.38. The lowest BCUT2D eigenvalue weighted by Crippen LogP contribution is -1.75. The van der Waals surface area contributed by atoms with Gasteiger partial charge >= 0.3 is 0 Å². The Balaban J connectivity index is 2.27. The normalized spacial score (nSPS) is 10.8. The third-order valence-corrected chi connectivity index (χ3v) is 2.74. The molecule has 0 unspecified atom stereocenters. The van der Waals surface area contributed by atoms with Gasteiger partial charge in [0.15, 0.2) is 0 Å². The highest BCUT2D eigenvalue weighted by molar-refractivity contribution is 9.10. The minimum Gasteiger partial charge on any atom is -0.507 e. The van der Waals surface area contributed by atoms with Gasteiger partial charge in [0.1, 0.15) is 5.75 Å². The number of benzene rings is 2. The molecular formula is C14H11BrO. The fraction of sp³-hybridized carbons (Fsp3) is 0. The minimum absolute atomic E-state index is 0.287. The topological polar surface area (TPSA) is 20.2 Å². The van der Waals surface area contributed by atoms with Crippen LogP contribution in [0.25, 0.3) is 12.2 Å². The number of rotatable bonds is 2. The van der Waals surface area contributed by atoms with Crippen molar-refractivity contribution in [2.45, 2.75) is 0 Å². The van der Waals surface area contributed by atoms with Crippen LogP contribution in [0.15, 0.2) is 53.0 Å². The lowest BCUT2D eigenvalue weighted by Gasteiger charge is -1.99. The molecular weight excluding hydrogens is 264 g/mol. The molecule has 0 aliphatic rings. The van der Waals surface area contributed by atoms with Gasteiger partial charge in [-0.15, -0.1) is 0 Å². The lowest BCUT2D eigenvalue weighted by atomic mass is 10.1. The zero-order chi connectivity index (χ0) is 11.4. The van der Waals surface area contributed by atoms with E-state index in [9.17, 15) is 5.11 Å². The standard InChI is InChI=1S/C14H11BrO/c15-13-8-9-14(16)12(10-13)7-6-11-4-2-1-3-5-11/h1-10,16H. The van der Waals surface area contributed by atoms with Crippen LogP contribution in [0.5, 0.6) is 5.75 Å². The molecule has 2 aromatic rings. The first-order valence-corrected chi connectivity index (χ1v) is 5.76. The molecule has 0 amide bonds. The Labute approximate surface area is 103 Å². The summed E-state index contributed by atoms with van der Waals surface area (Å²) in [5, 5.41) is 9.64. The molecule has 16 heavy (non-hydrogen) atoms. The van der Waals surface area contributed by atoms with Gasteiger partial charge in [-0.05, 0) is 23.8 Å². The van der Waals surface area contributed by atoms with Gasteiger partial charge in [-0.3, -0.25) is 0 Å². The fourth-order valence-electron chi connectivity index (χ4n) is 1.41. The molecule has 0 radical (unpaired) electrons. The molecule has 0 spiro atoms. The van der Waals surface area contributed by atoms with Gasteiger partial charge in [0, 0.05) is 10.0 Å². The molecule has 0 atom stereocenters. The minimum atomic E-state index is 0.287. The Hall–Kier alpha value is -1.54. The Bertz CT molecular complexity index is 503. The molecule has 0 aliphatic carbocycles. The molecule has 2 rings (SSSR count). The van der Waals surface area contributed by atoms with Crippen molar-refractivity contribution in [3.05, 3.63) is 64.1 Å². The maximum Gasteiger partial charge on any atom is 0.122 e. The van der Waals surface area contributed by atoms with Crippen LogP contribution < -0.4 is 0 Å². The highest BCUT2D eigenvalue weighted by Gasteiger charge is 1.97. The largest absolute Gasteiger partial charge is 0.507 e. The van der Waals surface area contributed by atoms with Crippen LogP contribution in [-0.2, 0) is 0 Å². The van der Waals surface area contributed by atoms with Crippen molar-refractivity contribution in [3.63, 3.8) is 0 Å². The quantitative estimate of drug-likeness (QED) is 0.809. The molecule has 80 valence electrons. The van der Waals surface area contributed by atoms with Crippen molar-refractivity contribution < 1.29 is 5.11 Å². The molecule has 1 N–H and O–H groups in total. The van der Waals surface area contributed by atoms with Gasteiger partial charge in [-0.25, -0.2) is 0 Å². The summed E-state index contributed by atoms with van der Waals surface area (Å²) in [6, 6.07) is 15.4. The van der Waals surface area contributed by atoms with Gasteiger partial charge in [0.2, 0.25) is 0 Å². The summed E-state index contributed by atoms with van der Waals surface area (Å²) in [7, 11) is 0. The maximum absolute atomic E-state index is 9.64. The van der Waals surface area contributed by atoms with Crippen LogP contribution in [0.1, 0.15) is 11.1 Å². The monoisotopic (exact) mass is 274 g/mol. The second kappa shape index (κ2) is 4.99. The van der Waals surface area contributed by atoms with Crippen molar-refractivity contribution in [1.29, 1.82) is 0 Å². The van der Waals surface area contributed by atoms with E-state index in [1.807, 2.05) is 54.6 Å². The van der Waals surface area contributed by atoms with E-state index < -0.39 is 0 Å². The zero-order valence-electron chi connectivity index (χ0n) is 8.60. The van der Waals surface area contributed by atoms with E-state index in [0.717, 1.165) is 15.6 Å². The molecule has 1 nitrogen and oxygen atoms in total. The van der Waals surface area contributed by atoms with Crippen LogP contribution >= 0.6 is 15.9 Å². The van der Waals surface area contributed by atoms with Crippen LogP contribution in [-0.4, -0.2) is 5.11 Å². The molecule has 0 saturated carbocycles. The first kappa shape index (κ1) is 11.0. The van der Waals surface area contributed by atoms with Crippen LogP contribution in [0, 0.1) is 0 Å². The first-order valence-electron chi connectivity index (χ1n) is 4.97. The smallest absolute Gasteiger partial charge is 0.122 e. The Morgan fingerprint density at radius 3 is 2.44 bits per heavy atom. The Kier molecular flexibility index (Phi) is 3.42. The highest BCUT2D eigenvalue weighted by atomic mass is 79.9. The molecule has 2 aromatic carbocycles. The molecule has 0 saturated heterocycles. The molecule has 2 heteroatoms. The zero-order valence-corrected chi connectivity index (χ0v) is 10.2. The summed E-state index contributed by atoms with van der Waals surface area (Å²) in [6.45, 7) is 0. The lowest BCUT2D eigenvalue weighted by molar-refractivity contribution is 0.474. The molecule has 0 bridgehead atoms. The number of aromatic hydroxyl groups is 1. The van der Waals surface area contributed by atoms with Crippen LogP contribution in [0.3, 0.4) is 0 Å². The Morgan fingerprint density at radius 1 is 0.938 bits per heavy atom. The average Bonchev–Trinajstić information content (AvgIpc) is 2.32. The third-order valence-electron chi connectivity index (χ3n) is 2.24. The summed E-state index contributed by atoms with van der Waals surface area (Å²) in [5.41, 5.74) is 1.92. The number of phenols is 1. The average molecular weight is 275 g/mol. The van der Waals surface area contributed by atoms with Crippen molar-refractivity contribution in [2.75, 3.05) is 0 Å². The van der Waals surface area contributed by atoms with Gasteiger partial charge in [-0.1, -0.05) is 58.4 Å². The van der Waals surface area contributed by atoms with Gasteiger partial charge in [0.25, 0.3) is 0 Å². The van der Waals surface area contributed by atoms with E-state index in [2.05, 4.69) is 15.9 Å². The van der Waals surface area contributed by atoms with Crippen LogP contribution in [0.2, 0.25) is 0 Å². The van der Waals surface area contributed by atoms with Crippen molar-refractivity contribution >= 4 is 28.1 Å². The molecule has 0 aliphatic heterocycles. The number of halogens is 1. The highest BCUT2D eigenvalue weighted by Crippen LogP contribution is 2.23. The second-order valence-electron chi connectivity index (χ2n) is 3.45. The number of phenolic OH excluding ortho intramolecular Hbond substituents is 1. The summed E-state index contributed by atoms with van der Waals surface area (Å²) in [6.07, 6.45) is 3.87. The summed E-state index contributed by atoms with van der Waals surface area (Å²) < 4.78 is 0.956. The van der Waals surface area contributed by atoms with Gasteiger partial charge in [-0.2, -0.15) is 0 Å². The number of hydrogen-bond donors (Lipinski definition) is 1. The van der Waals surface area contributed by atoms with Gasteiger partial charge < -0.3 is 5.11 Å². The first-order chi connectivity index (χ1) is 7.75.